The SMILES string of the molecule is N#Cc1cccnc1N1CCCC(C(=O)N2CCC(F)(F)CC2)C1. The van der Waals surface area contributed by atoms with Gasteiger partial charge in [0.1, 0.15) is 11.9 Å². The number of nitrogens with zero attached hydrogens (tertiary/aromatic N) is 4. The van der Waals surface area contributed by atoms with Crippen LogP contribution in [0.3, 0.4) is 0 Å². The summed E-state index contributed by atoms with van der Waals surface area (Å²) in [6.07, 6.45) is 2.69. The molecule has 1 aromatic heterocycles. The number of pyridine rings is 1. The smallest absolute Gasteiger partial charge is 0.251 e. The number of alkyl halides is 2. The standard InChI is InChI=1S/C17H20F2N4O/c18-17(19)5-9-22(10-6-17)16(24)14-4-2-8-23(12-14)15-13(11-20)3-1-7-21-15/h1,3,7,14H,2,4-6,8-10,12H2. The fourth-order valence-electron chi connectivity index (χ4n) is 3.42. The van der Waals surface area contributed by atoms with Crippen molar-refractivity contribution in [3.63, 3.8) is 0 Å². The highest BCUT2D eigenvalue weighted by atomic mass is 19.3. The lowest BCUT2D eigenvalue weighted by atomic mass is 9.95. The van der Waals surface area contributed by atoms with Gasteiger partial charge in [-0.15, -0.1) is 0 Å². The van der Waals surface area contributed by atoms with Crippen molar-refractivity contribution in [3.05, 3.63) is 23.9 Å². The van der Waals surface area contributed by atoms with Crippen LogP contribution in [0.25, 0.3) is 0 Å². The van der Waals surface area contributed by atoms with Crippen molar-refractivity contribution in [1.82, 2.24) is 9.88 Å². The van der Waals surface area contributed by atoms with Gasteiger partial charge < -0.3 is 9.80 Å². The number of carbonyl (C=O) groups excluding carboxylic acids is 1. The van der Waals surface area contributed by atoms with Crippen LogP contribution in [0.2, 0.25) is 0 Å². The van der Waals surface area contributed by atoms with Crippen LogP contribution < -0.4 is 4.90 Å². The summed E-state index contributed by atoms with van der Waals surface area (Å²) in [6, 6.07) is 5.55. The van der Waals surface area contributed by atoms with Gasteiger partial charge in [0.05, 0.1) is 11.5 Å². The summed E-state index contributed by atoms with van der Waals surface area (Å²) >= 11 is 0. The third kappa shape index (κ3) is 3.48. The predicted molar refractivity (Wildman–Crippen MR) is 84.7 cm³/mol. The van der Waals surface area contributed by atoms with Crippen LogP contribution >= 0.6 is 0 Å². The van der Waals surface area contributed by atoms with E-state index in [0.29, 0.717) is 17.9 Å². The van der Waals surface area contributed by atoms with E-state index in [0.717, 1.165) is 19.4 Å². The average molecular weight is 334 g/mol. The minimum absolute atomic E-state index is 0.0513. The molecule has 3 rings (SSSR count). The molecular weight excluding hydrogens is 314 g/mol. The summed E-state index contributed by atoms with van der Waals surface area (Å²) in [5, 5.41) is 9.21. The lowest BCUT2D eigenvalue weighted by Crippen LogP contribution is -2.49. The first-order valence-electron chi connectivity index (χ1n) is 8.27. The van der Waals surface area contributed by atoms with E-state index < -0.39 is 5.92 Å². The number of hydrogen-bond donors (Lipinski definition) is 0. The molecule has 0 aromatic carbocycles. The van der Waals surface area contributed by atoms with Crippen molar-refractivity contribution in [2.45, 2.75) is 31.6 Å². The van der Waals surface area contributed by atoms with Gasteiger partial charge in [-0.1, -0.05) is 0 Å². The second-order valence-electron chi connectivity index (χ2n) is 6.45. The molecule has 0 radical (unpaired) electrons. The number of carbonyl (C=O) groups is 1. The zero-order valence-corrected chi connectivity index (χ0v) is 13.4. The van der Waals surface area contributed by atoms with E-state index in [-0.39, 0.29) is 37.8 Å². The van der Waals surface area contributed by atoms with Gasteiger partial charge in [-0.2, -0.15) is 5.26 Å². The summed E-state index contributed by atoms with van der Waals surface area (Å²) in [5.74, 6) is -2.32. The highest BCUT2D eigenvalue weighted by Gasteiger charge is 2.38. The van der Waals surface area contributed by atoms with E-state index in [1.807, 2.05) is 4.90 Å². The molecule has 0 N–H and O–H groups in total. The second-order valence-corrected chi connectivity index (χ2v) is 6.45. The second kappa shape index (κ2) is 6.71. The molecule has 0 bridgehead atoms. The molecule has 1 atom stereocenters. The zero-order valence-electron chi connectivity index (χ0n) is 13.4. The number of hydrogen-bond acceptors (Lipinski definition) is 4. The number of anilines is 1. The van der Waals surface area contributed by atoms with Crippen LogP contribution in [0.5, 0.6) is 0 Å². The molecule has 0 spiro atoms. The zero-order chi connectivity index (χ0) is 17.2. The van der Waals surface area contributed by atoms with Gasteiger partial charge in [-0.25, -0.2) is 13.8 Å². The number of rotatable bonds is 2. The quantitative estimate of drug-likeness (QED) is 0.833. The predicted octanol–water partition coefficient (Wildman–Crippen LogP) is 2.43. The molecule has 0 aliphatic carbocycles. The van der Waals surface area contributed by atoms with Crippen molar-refractivity contribution in [2.24, 2.45) is 5.92 Å². The van der Waals surface area contributed by atoms with Crippen molar-refractivity contribution < 1.29 is 13.6 Å². The minimum atomic E-state index is -2.65. The molecule has 2 aliphatic rings. The number of nitriles is 1. The molecule has 2 saturated heterocycles. The highest BCUT2D eigenvalue weighted by molar-refractivity contribution is 5.80. The van der Waals surface area contributed by atoms with Crippen LogP contribution in [0.15, 0.2) is 18.3 Å². The third-order valence-electron chi connectivity index (χ3n) is 4.78. The summed E-state index contributed by atoms with van der Waals surface area (Å²) < 4.78 is 26.5. The number of piperidine rings is 2. The first-order chi connectivity index (χ1) is 11.5. The summed E-state index contributed by atoms with van der Waals surface area (Å²) in [6.45, 7) is 1.47. The molecule has 2 fully saturated rings. The molecule has 2 aliphatic heterocycles. The maximum atomic E-state index is 13.3. The van der Waals surface area contributed by atoms with Crippen molar-refractivity contribution in [2.75, 3.05) is 31.1 Å². The molecular formula is C17H20F2N4O. The van der Waals surface area contributed by atoms with Gasteiger partial charge in [0.15, 0.2) is 0 Å². The Kier molecular flexibility index (Phi) is 4.65. The fraction of sp³-hybridized carbons (Fsp3) is 0.588. The monoisotopic (exact) mass is 334 g/mol. The molecule has 1 aromatic rings. The molecule has 5 nitrogen and oxygen atoms in total. The Labute approximate surface area is 139 Å². The van der Waals surface area contributed by atoms with Crippen molar-refractivity contribution in [3.8, 4) is 6.07 Å². The van der Waals surface area contributed by atoms with Crippen LogP contribution in [-0.4, -0.2) is 47.9 Å². The Hall–Kier alpha value is -2.23. The maximum absolute atomic E-state index is 13.3. The van der Waals surface area contributed by atoms with Gasteiger partial charge in [-0.05, 0) is 25.0 Å². The Morgan fingerprint density at radius 3 is 2.79 bits per heavy atom. The lowest BCUT2D eigenvalue weighted by molar-refractivity contribution is -0.141. The molecule has 0 saturated carbocycles. The largest absolute Gasteiger partial charge is 0.355 e. The normalized spacial score (nSPS) is 23.6. The topological polar surface area (TPSA) is 60.2 Å². The van der Waals surface area contributed by atoms with E-state index in [4.69, 9.17) is 0 Å². The Bertz CT molecular complexity index is 648. The van der Waals surface area contributed by atoms with Crippen LogP contribution in [0.1, 0.15) is 31.2 Å². The molecule has 128 valence electrons. The minimum Gasteiger partial charge on any atom is -0.355 e. The number of aromatic nitrogens is 1. The van der Waals surface area contributed by atoms with Crippen molar-refractivity contribution in [1.29, 1.82) is 5.26 Å². The average Bonchev–Trinajstić information content (AvgIpc) is 2.61. The van der Waals surface area contributed by atoms with E-state index in [1.165, 1.54) is 0 Å². The van der Waals surface area contributed by atoms with Gasteiger partial charge in [0, 0.05) is 45.2 Å². The van der Waals surface area contributed by atoms with E-state index in [9.17, 15) is 18.8 Å². The summed E-state index contributed by atoms with van der Waals surface area (Å²) in [7, 11) is 0. The van der Waals surface area contributed by atoms with Crippen LogP contribution in [0, 0.1) is 17.2 Å². The van der Waals surface area contributed by atoms with E-state index in [2.05, 4.69) is 11.1 Å². The maximum Gasteiger partial charge on any atom is 0.251 e. The first kappa shape index (κ1) is 16.6. The highest BCUT2D eigenvalue weighted by Crippen LogP contribution is 2.30. The van der Waals surface area contributed by atoms with E-state index >= 15 is 0 Å². The number of likely N-dealkylation sites (tertiary alicyclic amines) is 1. The van der Waals surface area contributed by atoms with Gasteiger partial charge in [0.2, 0.25) is 5.91 Å². The number of halogens is 2. The molecule has 7 heteroatoms. The fourth-order valence-corrected chi connectivity index (χ4v) is 3.42. The summed E-state index contributed by atoms with van der Waals surface area (Å²) in [5.41, 5.74) is 0.489. The van der Waals surface area contributed by atoms with Gasteiger partial charge >= 0.3 is 0 Å². The van der Waals surface area contributed by atoms with Gasteiger partial charge in [0.25, 0.3) is 5.92 Å². The first-order valence-corrected chi connectivity index (χ1v) is 8.27. The Morgan fingerprint density at radius 2 is 2.08 bits per heavy atom. The van der Waals surface area contributed by atoms with Crippen LogP contribution in [0.4, 0.5) is 14.6 Å². The Balaban J connectivity index is 1.67. The van der Waals surface area contributed by atoms with Crippen molar-refractivity contribution >= 4 is 11.7 Å². The number of amides is 1. The molecule has 1 amide bonds. The lowest BCUT2D eigenvalue weighted by Gasteiger charge is -2.38. The van der Waals surface area contributed by atoms with Crippen LogP contribution in [-0.2, 0) is 4.79 Å². The molecule has 1 unspecified atom stereocenters. The third-order valence-corrected chi connectivity index (χ3v) is 4.78. The van der Waals surface area contributed by atoms with E-state index in [1.54, 1.807) is 23.2 Å². The molecule has 3 heterocycles. The Morgan fingerprint density at radius 1 is 1.33 bits per heavy atom. The summed E-state index contributed by atoms with van der Waals surface area (Å²) in [4.78, 5) is 20.5. The van der Waals surface area contributed by atoms with Gasteiger partial charge in [-0.3, -0.25) is 4.79 Å². The molecule has 24 heavy (non-hydrogen) atoms.